The number of nitrogens with zero attached hydrogens (tertiary/aromatic N) is 1. The van der Waals surface area contributed by atoms with E-state index in [1.807, 2.05) is 0 Å². The Hall–Kier alpha value is -0.690. The molecule has 19 heavy (non-hydrogen) atoms. The molecule has 0 radical (unpaired) electrons. The highest BCUT2D eigenvalue weighted by Gasteiger charge is 2.22. The van der Waals surface area contributed by atoms with Crippen molar-refractivity contribution in [1.82, 2.24) is 0 Å². The van der Waals surface area contributed by atoms with Crippen LogP contribution >= 0.6 is 0 Å². The van der Waals surface area contributed by atoms with Crippen molar-refractivity contribution < 1.29 is 12.9 Å². The second-order valence-corrected chi connectivity index (χ2v) is 7.32. The summed E-state index contributed by atoms with van der Waals surface area (Å²) in [6.07, 6.45) is 2.16. The molecule has 2 rings (SSSR count). The molecule has 1 aliphatic rings. The number of aryl methyl sites for hydroxylation is 2. The summed E-state index contributed by atoms with van der Waals surface area (Å²) in [5.41, 5.74) is 3.75. The topological polar surface area (TPSA) is 49.8 Å². The first-order chi connectivity index (χ1) is 8.87. The Balaban J connectivity index is 2.14. The number of fused-ring (bicyclic) bond motifs is 1. The van der Waals surface area contributed by atoms with E-state index < -0.39 is 9.05 Å². The molecule has 0 bridgehead atoms. The van der Waals surface area contributed by atoms with Gasteiger partial charge >= 0.3 is 0 Å². The molecule has 1 N–H and O–H groups in total. The van der Waals surface area contributed by atoms with Gasteiger partial charge in [-0.05, 0) is 43.9 Å². The lowest BCUT2D eigenvalue weighted by molar-refractivity contribution is 0.305. The normalized spacial score (nSPS) is 21.8. The van der Waals surface area contributed by atoms with Crippen LogP contribution in [0.25, 0.3) is 0 Å². The fourth-order valence-electron chi connectivity index (χ4n) is 2.49. The highest BCUT2D eigenvalue weighted by molar-refractivity contribution is 8.27. The zero-order valence-corrected chi connectivity index (χ0v) is 12.8. The Labute approximate surface area is 119 Å². The summed E-state index contributed by atoms with van der Waals surface area (Å²) in [5, 5.41) is 0. The van der Waals surface area contributed by atoms with Crippen molar-refractivity contribution >= 4 is 25.9 Å². The van der Waals surface area contributed by atoms with Gasteiger partial charge in [0.15, 0.2) is 0 Å². The van der Waals surface area contributed by atoms with Gasteiger partial charge in [-0.2, -0.15) is 4.21 Å². The van der Waals surface area contributed by atoms with Crippen molar-refractivity contribution in [2.45, 2.75) is 32.7 Å². The van der Waals surface area contributed by atoms with Crippen molar-refractivity contribution in [3.8, 4) is 0 Å². The summed E-state index contributed by atoms with van der Waals surface area (Å²) < 4.78 is 24.7. The molecule has 1 aromatic carbocycles. The Kier molecular flexibility index (Phi) is 4.45. The number of benzene rings is 1. The maximum Gasteiger partial charge on any atom is 0.266 e. The van der Waals surface area contributed by atoms with Gasteiger partial charge in [-0.25, -0.2) is 0 Å². The Morgan fingerprint density at radius 1 is 1.58 bits per heavy atom. The van der Waals surface area contributed by atoms with Crippen molar-refractivity contribution in [3.05, 3.63) is 29.3 Å². The predicted octanol–water partition coefficient (Wildman–Crippen LogP) is 2.29. The lowest BCUT2D eigenvalue weighted by Crippen LogP contribution is -2.39. The molecule has 0 aromatic heterocycles. The molecule has 0 amide bonds. The van der Waals surface area contributed by atoms with Gasteiger partial charge in [0, 0.05) is 29.5 Å². The van der Waals surface area contributed by atoms with E-state index in [1.54, 1.807) is 0 Å². The highest BCUT2D eigenvalue weighted by atomic mass is 32.9. The minimum Gasteiger partial charge on any atom is -0.366 e. The highest BCUT2D eigenvalue weighted by Crippen LogP contribution is 2.31. The summed E-state index contributed by atoms with van der Waals surface area (Å²) in [4.78, 5) is 2.23. The lowest BCUT2D eigenvalue weighted by atomic mass is 9.95. The van der Waals surface area contributed by atoms with Crippen LogP contribution in [-0.4, -0.2) is 28.0 Å². The van der Waals surface area contributed by atoms with Crippen molar-refractivity contribution in [2.75, 3.05) is 18.1 Å². The molecule has 1 aliphatic heterocycles. The lowest BCUT2D eigenvalue weighted by Gasteiger charge is -2.37. The second-order valence-electron chi connectivity index (χ2n) is 4.96. The van der Waals surface area contributed by atoms with E-state index in [-0.39, 0.29) is 6.61 Å². The molecule has 1 unspecified atom stereocenters. The van der Waals surface area contributed by atoms with Crippen LogP contribution in [0.4, 0.5) is 5.69 Å². The van der Waals surface area contributed by atoms with Gasteiger partial charge in [-0.3, -0.25) is 8.74 Å². The second kappa shape index (κ2) is 5.75. The van der Waals surface area contributed by atoms with Gasteiger partial charge in [0.25, 0.3) is 9.05 Å². The van der Waals surface area contributed by atoms with Crippen LogP contribution < -0.4 is 4.90 Å². The molecule has 106 valence electrons. The third-order valence-corrected chi connectivity index (χ3v) is 4.23. The predicted molar refractivity (Wildman–Crippen MR) is 80.4 cm³/mol. The minimum absolute atomic E-state index is 0.163. The van der Waals surface area contributed by atoms with Gasteiger partial charge in [-0.1, -0.05) is 12.1 Å². The fraction of sp³-hybridized carbons (Fsp3) is 0.538. The van der Waals surface area contributed by atoms with Gasteiger partial charge in [-0.15, -0.1) is 0 Å². The van der Waals surface area contributed by atoms with Crippen LogP contribution in [0.1, 0.15) is 24.5 Å². The number of rotatable bonds is 4. The van der Waals surface area contributed by atoms with Gasteiger partial charge in [0.1, 0.15) is 0 Å². The molecular formula is C13H19NO3S2. The van der Waals surface area contributed by atoms with Crippen LogP contribution in [0.5, 0.6) is 0 Å². The van der Waals surface area contributed by atoms with Gasteiger partial charge < -0.3 is 4.90 Å². The first-order valence-electron chi connectivity index (χ1n) is 6.35. The number of hydrogen-bond acceptors (Lipinski definition) is 4. The molecule has 1 aromatic rings. The van der Waals surface area contributed by atoms with Crippen molar-refractivity contribution in [1.29, 1.82) is 0 Å². The number of hydrogen-bond donors (Lipinski definition) is 1. The van der Waals surface area contributed by atoms with E-state index in [0.29, 0.717) is 12.6 Å². The van der Waals surface area contributed by atoms with Crippen LogP contribution in [-0.2, 0) is 30.8 Å². The van der Waals surface area contributed by atoms with E-state index in [9.17, 15) is 4.21 Å². The molecule has 2 atom stereocenters. The first-order valence-corrected chi connectivity index (χ1v) is 8.71. The zero-order valence-electron chi connectivity index (χ0n) is 11.2. The SMILES string of the molecule is Cc1ccc2c(c1)N(CCOS(=O)(O)=S)[C@@H](C)CC2. The van der Waals surface area contributed by atoms with E-state index in [1.165, 1.54) is 16.8 Å². The maximum absolute atomic E-state index is 10.9. The summed E-state index contributed by atoms with van der Waals surface area (Å²) >= 11 is 4.32. The first kappa shape index (κ1) is 14.7. The van der Waals surface area contributed by atoms with Crippen molar-refractivity contribution in [3.63, 3.8) is 0 Å². The van der Waals surface area contributed by atoms with Crippen LogP contribution in [0.3, 0.4) is 0 Å². The standard InChI is InChI=1S/C13H19NO3S2/c1-10-3-5-12-6-4-11(2)14(13(12)9-10)7-8-17-19(15,16)18/h3,5,9,11H,4,6-8H2,1-2H3,(H,15,16,18)/t11-/m0/s1. The molecule has 0 spiro atoms. The maximum atomic E-state index is 10.9. The number of anilines is 1. The molecule has 4 nitrogen and oxygen atoms in total. The van der Waals surface area contributed by atoms with Crippen LogP contribution in [0.15, 0.2) is 18.2 Å². The average Bonchev–Trinajstić information content (AvgIpc) is 2.30. The molecule has 6 heteroatoms. The Morgan fingerprint density at radius 2 is 2.32 bits per heavy atom. The molecule has 0 saturated carbocycles. The van der Waals surface area contributed by atoms with E-state index in [4.69, 9.17) is 8.74 Å². The largest absolute Gasteiger partial charge is 0.366 e. The Bertz CT molecular complexity index is 557. The fourth-order valence-corrected chi connectivity index (χ4v) is 2.98. The van der Waals surface area contributed by atoms with Crippen LogP contribution in [0.2, 0.25) is 0 Å². The summed E-state index contributed by atoms with van der Waals surface area (Å²) in [6, 6.07) is 6.84. The molecule has 0 fully saturated rings. The van der Waals surface area contributed by atoms with E-state index in [2.05, 4.69) is 48.1 Å². The molecule has 0 aliphatic carbocycles. The molecule has 0 saturated heterocycles. The summed E-state index contributed by atoms with van der Waals surface area (Å²) in [7, 11) is -3.52. The average molecular weight is 301 g/mol. The molecular weight excluding hydrogens is 282 g/mol. The molecule has 1 heterocycles. The van der Waals surface area contributed by atoms with E-state index >= 15 is 0 Å². The monoisotopic (exact) mass is 301 g/mol. The third kappa shape index (κ3) is 3.89. The summed E-state index contributed by atoms with van der Waals surface area (Å²) in [6.45, 7) is 4.97. The van der Waals surface area contributed by atoms with Gasteiger partial charge in [0.2, 0.25) is 0 Å². The smallest absolute Gasteiger partial charge is 0.266 e. The quantitative estimate of drug-likeness (QED) is 0.924. The Morgan fingerprint density at radius 3 is 3.00 bits per heavy atom. The van der Waals surface area contributed by atoms with Gasteiger partial charge in [0.05, 0.1) is 6.61 Å². The minimum atomic E-state index is -3.52. The van der Waals surface area contributed by atoms with Crippen LogP contribution in [0, 0.1) is 6.92 Å². The van der Waals surface area contributed by atoms with Crippen molar-refractivity contribution in [2.24, 2.45) is 0 Å². The summed E-state index contributed by atoms with van der Waals surface area (Å²) in [5.74, 6) is 0. The van der Waals surface area contributed by atoms with E-state index in [0.717, 1.165) is 12.8 Å². The zero-order chi connectivity index (χ0) is 14.0. The third-order valence-electron chi connectivity index (χ3n) is 3.48.